The van der Waals surface area contributed by atoms with Gasteiger partial charge in [-0.1, -0.05) is 18.2 Å². The molecule has 1 aromatic carbocycles. The van der Waals surface area contributed by atoms with Gasteiger partial charge in [0, 0.05) is 44.5 Å². The molecule has 0 saturated carbocycles. The van der Waals surface area contributed by atoms with E-state index in [1.165, 1.54) is 12.1 Å². The number of piperazine rings is 1. The molecule has 0 spiro atoms. The van der Waals surface area contributed by atoms with Gasteiger partial charge in [-0.2, -0.15) is 26.3 Å². The zero-order valence-corrected chi connectivity index (χ0v) is 19.9. The van der Waals surface area contributed by atoms with Crippen LogP contribution in [0.3, 0.4) is 0 Å². The lowest BCUT2D eigenvalue weighted by Gasteiger charge is -2.42. The Balaban J connectivity index is 1.18. The summed E-state index contributed by atoms with van der Waals surface area (Å²) in [6.45, 7) is 2.22. The van der Waals surface area contributed by atoms with Crippen molar-refractivity contribution in [3.8, 4) is 0 Å². The molecular weight excluding hydrogens is 498 g/mol. The van der Waals surface area contributed by atoms with Crippen LogP contribution in [0, 0.1) is 0 Å². The third kappa shape index (κ3) is 5.46. The van der Waals surface area contributed by atoms with Crippen LogP contribution in [0.4, 0.5) is 32.2 Å². The molecule has 2 saturated heterocycles. The lowest BCUT2D eigenvalue weighted by atomic mass is 9.97. The van der Waals surface area contributed by atoms with Crippen LogP contribution in [0.1, 0.15) is 36.0 Å². The van der Waals surface area contributed by atoms with Crippen LogP contribution in [-0.2, 0) is 17.1 Å². The van der Waals surface area contributed by atoms with Crippen molar-refractivity contribution < 1.29 is 31.1 Å². The second kappa shape index (κ2) is 9.66. The van der Waals surface area contributed by atoms with Gasteiger partial charge in [-0.3, -0.25) is 9.69 Å². The first-order chi connectivity index (χ1) is 17.5. The van der Waals surface area contributed by atoms with Gasteiger partial charge in [0.2, 0.25) is 5.91 Å². The van der Waals surface area contributed by atoms with Crippen LogP contribution in [0.25, 0.3) is 5.57 Å². The summed E-state index contributed by atoms with van der Waals surface area (Å²) >= 11 is 0. The Morgan fingerprint density at radius 1 is 0.946 bits per heavy atom. The Kier molecular flexibility index (Phi) is 6.68. The molecule has 2 unspecified atom stereocenters. The quantitative estimate of drug-likeness (QED) is 0.523. The summed E-state index contributed by atoms with van der Waals surface area (Å²) < 4.78 is 77.8. The van der Waals surface area contributed by atoms with Gasteiger partial charge in [0.05, 0.1) is 17.7 Å². The van der Waals surface area contributed by atoms with Gasteiger partial charge in [-0.05, 0) is 54.7 Å². The average molecular weight is 525 g/mol. The van der Waals surface area contributed by atoms with E-state index in [9.17, 15) is 31.1 Å². The number of fused-ring (bicyclic) bond motifs is 2. The van der Waals surface area contributed by atoms with Gasteiger partial charge in [0.25, 0.3) is 0 Å². The molecule has 2 bridgehead atoms. The number of amides is 1. The monoisotopic (exact) mass is 524 g/mol. The van der Waals surface area contributed by atoms with Crippen LogP contribution in [-0.4, -0.2) is 65.5 Å². The molecule has 2 aromatic rings. The van der Waals surface area contributed by atoms with E-state index in [2.05, 4.69) is 4.98 Å². The lowest BCUT2D eigenvalue weighted by molar-refractivity contribution is -0.138. The van der Waals surface area contributed by atoms with Crippen molar-refractivity contribution in [2.24, 2.45) is 0 Å². The highest BCUT2D eigenvalue weighted by Gasteiger charge is 2.42. The number of nitrogens with zero attached hydrogens (tertiary/aromatic N) is 4. The number of halogens is 6. The largest absolute Gasteiger partial charge is 0.417 e. The molecule has 5 nitrogen and oxygen atoms in total. The van der Waals surface area contributed by atoms with Gasteiger partial charge in [0.1, 0.15) is 5.82 Å². The fourth-order valence-corrected chi connectivity index (χ4v) is 5.49. The van der Waals surface area contributed by atoms with E-state index >= 15 is 0 Å². The third-order valence-electron chi connectivity index (χ3n) is 7.39. The van der Waals surface area contributed by atoms with Crippen molar-refractivity contribution in [2.75, 3.05) is 37.6 Å². The Morgan fingerprint density at radius 3 is 2.22 bits per heavy atom. The average Bonchev–Trinajstić information content (AvgIpc) is 3.12. The number of likely N-dealkylation sites (tertiary alicyclic amines) is 1. The van der Waals surface area contributed by atoms with Gasteiger partial charge in [-0.15, -0.1) is 0 Å². The molecule has 3 aliphatic heterocycles. The SMILES string of the molecule is O=C(CN1CC=C(c2cccc(C(F)(F)F)c2)CC1)N1CC2CCC(C1)N2c1ccc(C(F)(F)F)cn1. The van der Waals surface area contributed by atoms with Crippen LogP contribution >= 0.6 is 0 Å². The van der Waals surface area contributed by atoms with E-state index in [1.54, 1.807) is 6.07 Å². The van der Waals surface area contributed by atoms with Crippen molar-refractivity contribution in [1.29, 1.82) is 0 Å². The number of hydrogen-bond acceptors (Lipinski definition) is 4. The minimum atomic E-state index is -4.44. The van der Waals surface area contributed by atoms with E-state index in [4.69, 9.17) is 0 Å². The van der Waals surface area contributed by atoms with Crippen LogP contribution < -0.4 is 4.90 Å². The second-order valence-corrected chi connectivity index (χ2v) is 9.79. The number of rotatable bonds is 4. The Bertz CT molecular complexity index is 1160. The first-order valence-electron chi connectivity index (χ1n) is 12.2. The topological polar surface area (TPSA) is 39.7 Å². The first kappa shape index (κ1) is 25.6. The molecule has 3 aliphatic rings. The predicted octanol–water partition coefficient (Wildman–Crippen LogP) is 5.09. The maximum atomic E-state index is 13.1. The molecular formula is C26H26F6N4O. The molecule has 2 fully saturated rings. The summed E-state index contributed by atoms with van der Waals surface area (Å²) in [4.78, 5) is 22.9. The molecule has 2 atom stereocenters. The number of alkyl halides is 6. The third-order valence-corrected chi connectivity index (χ3v) is 7.39. The number of anilines is 1. The number of carbonyl (C=O) groups excluding carboxylic acids is 1. The molecule has 1 amide bonds. The van der Waals surface area contributed by atoms with Gasteiger partial charge in [0.15, 0.2) is 0 Å². The summed E-state index contributed by atoms with van der Waals surface area (Å²) in [5.41, 5.74) is -0.0798. The van der Waals surface area contributed by atoms with E-state index in [-0.39, 0.29) is 24.5 Å². The van der Waals surface area contributed by atoms with Crippen LogP contribution in [0.5, 0.6) is 0 Å². The number of benzene rings is 1. The van der Waals surface area contributed by atoms with Gasteiger partial charge < -0.3 is 9.80 Å². The van der Waals surface area contributed by atoms with Gasteiger partial charge >= 0.3 is 12.4 Å². The summed E-state index contributed by atoms with van der Waals surface area (Å²) in [6, 6.07) is 7.73. The minimum Gasteiger partial charge on any atom is -0.347 e. The standard InChI is InChI=1S/C26H26F6N4O/c27-25(28,29)19-3-1-2-18(12-19)17-8-10-34(11-9-17)16-24(37)35-14-21-5-6-22(15-35)36(21)23-7-4-20(13-33-23)26(30,31)32/h1-4,7-8,12-13,21-22H,5-6,9-11,14-16H2. The minimum absolute atomic E-state index is 0.000648. The predicted molar refractivity (Wildman–Crippen MR) is 126 cm³/mol. The van der Waals surface area contributed by atoms with E-state index in [0.717, 1.165) is 42.8 Å². The number of pyridine rings is 1. The highest BCUT2D eigenvalue weighted by atomic mass is 19.4. The highest BCUT2D eigenvalue weighted by molar-refractivity contribution is 5.79. The zero-order chi connectivity index (χ0) is 26.4. The molecule has 0 aliphatic carbocycles. The molecule has 11 heteroatoms. The Hall–Kier alpha value is -3.08. The second-order valence-electron chi connectivity index (χ2n) is 9.79. The Labute approximate surface area is 210 Å². The molecule has 4 heterocycles. The fourth-order valence-electron chi connectivity index (χ4n) is 5.49. The van der Waals surface area contributed by atoms with Crippen molar-refractivity contribution >= 4 is 17.3 Å². The molecule has 0 radical (unpaired) electrons. The van der Waals surface area contributed by atoms with E-state index in [0.29, 0.717) is 44.0 Å². The lowest BCUT2D eigenvalue weighted by Crippen LogP contribution is -2.57. The van der Waals surface area contributed by atoms with Crippen molar-refractivity contribution in [3.05, 3.63) is 65.4 Å². The molecule has 37 heavy (non-hydrogen) atoms. The normalized spacial score (nSPS) is 22.8. The van der Waals surface area contributed by atoms with E-state index in [1.807, 2.05) is 20.8 Å². The number of aromatic nitrogens is 1. The van der Waals surface area contributed by atoms with Crippen molar-refractivity contribution in [3.63, 3.8) is 0 Å². The Morgan fingerprint density at radius 2 is 1.65 bits per heavy atom. The number of carbonyl (C=O) groups is 1. The molecule has 1 aromatic heterocycles. The summed E-state index contributed by atoms with van der Waals surface area (Å²) in [6.07, 6.45) is -3.88. The van der Waals surface area contributed by atoms with Crippen molar-refractivity contribution in [2.45, 2.75) is 43.7 Å². The first-order valence-corrected chi connectivity index (χ1v) is 12.2. The summed E-state index contributed by atoms with van der Waals surface area (Å²) in [7, 11) is 0. The smallest absolute Gasteiger partial charge is 0.347 e. The molecule has 5 rings (SSSR count). The maximum Gasteiger partial charge on any atom is 0.417 e. The summed E-state index contributed by atoms with van der Waals surface area (Å²) in [5.74, 6) is 0.476. The van der Waals surface area contributed by atoms with Crippen LogP contribution in [0.2, 0.25) is 0 Å². The fraction of sp³-hybridized carbons (Fsp3) is 0.462. The van der Waals surface area contributed by atoms with Gasteiger partial charge in [-0.25, -0.2) is 4.98 Å². The van der Waals surface area contributed by atoms with E-state index < -0.39 is 23.5 Å². The molecule has 0 N–H and O–H groups in total. The maximum absolute atomic E-state index is 13.1. The molecule has 198 valence electrons. The van der Waals surface area contributed by atoms with Crippen LogP contribution in [0.15, 0.2) is 48.7 Å². The summed E-state index contributed by atoms with van der Waals surface area (Å²) in [5, 5.41) is 0. The zero-order valence-electron chi connectivity index (χ0n) is 19.9. The van der Waals surface area contributed by atoms with Crippen molar-refractivity contribution in [1.82, 2.24) is 14.8 Å². The highest BCUT2D eigenvalue weighted by Crippen LogP contribution is 2.36. The number of hydrogen-bond donors (Lipinski definition) is 0.